The van der Waals surface area contributed by atoms with E-state index in [2.05, 4.69) is 17.0 Å². The minimum atomic E-state index is 0.318. The molecular weight excluding hydrogens is 154 g/mol. The SMILES string of the molecule is CC1CCCn2nc(C=O)nc21. The van der Waals surface area contributed by atoms with Gasteiger partial charge >= 0.3 is 0 Å². The van der Waals surface area contributed by atoms with Crippen LogP contribution in [0.4, 0.5) is 0 Å². The Morgan fingerprint density at radius 2 is 2.50 bits per heavy atom. The number of carbonyl (C=O) groups excluding carboxylic acids is 1. The van der Waals surface area contributed by atoms with E-state index >= 15 is 0 Å². The van der Waals surface area contributed by atoms with Crippen LogP contribution in [0.1, 0.15) is 42.1 Å². The first kappa shape index (κ1) is 7.46. The Morgan fingerprint density at radius 1 is 1.67 bits per heavy atom. The van der Waals surface area contributed by atoms with Crippen molar-refractivity contribution in [3.8, 4) is 0 Å². The molecule has 0 amide bonds. The van der Waals surface area contributed by atoms with E-state index in [1.54, 1.807) is 0 Å². The van der Waals surface area contributed by atoms with Gasteiger partial charge in [-0.05, 0) is 12.8 Å². The maximum Gasteiger partial charge on any atom is 0.214 e. The van der Waals surface area contributed by atoms with E-state index in [9.17, 15) is 4.79 Å². The predicted molar refractivity (Wildman–Crippen MR) is 43.1 cm³/mol. The maximum absolute atomic E-state index is 10.4. The molecule has 0 radical (unpaired) electrons. The Bertz CT molecular complexity index is 305. The van der Waals surface area contributed by atoms with Gasteiger partial charge in [0.15, 0.2) is 6.29 Å². The molecule has 4 nitrogen and oxygen atoms in total. The summed E-state index contributed by atoms with van der Waals surface area (Å²) >= 11 is 0. The molecule has 64 valence electrons. The fourth-order valence-corrected chi connectivity index (χ4v) is 1.63. The summed E-state index contributed by atoms with van der Waals surface area (Å²) < 4.78 is 1.85. The van der Waals surface area contributed by atoms with Crippen LogP contribution in [-0.2, 0) is 6.54 Å². The molecule has 1 aliphatic heterocycles. The molecule has 1 aromatic rings. The zero-order valence-corrected chi connectivity index (χ0v) is 7.03. The molecule has 0 bridgehead atoms. The molecule has 0 aliphatic carbocycles. The molecule has 0 aromatic carbocycles. The summed E-state index contributed by atoms with van der Waals surface area (Å²) in [6, 6.07) is 0. The van der Waals surface area contributed by atoms with Gasteiger partial charge in [-0.1, -0.05) is 6.92 Å². The zero-order valence-electron chi connectivity index (χ0n) is 7.03. The summed E-state index contributed by atoms with van der Waals surface area (Å²) in [7, 11) is 0. The largest absolute Gasteiger partial charge is 0.294 e. The highest BCUT2D eigenvalue weighted by atomic mass is 16.1. The third kappa shape index (κ3) is 1.03. The summed E-state index contributed by atoms with van der Waals surface area (Å²) in [5.41, 5.74) is 0. The first-order valence-corrected chi connectivity index (χ1v) is 4.21. The Kier molecular flexibility index (Phi) is 1.67. The average Bonchev–Trinajstić information content (AvgIpc) is 2.49. The summed E-state index contributed by atoms with van der Waals surface area (Å²) in [6.07, 6.45) is 2.99. The average molecular weight is 165 g/mol. The van der Waals surface area contributed by atoms with Gasteiger partial charge in [0.2, 0.25) is 5.82 Å². The van der Waals surface area contributed by atoms with Crippen molar-refractivity contribution in [1.29, 1.82) is 0 Å². The molecule has 0 spiro atoms. The lowest BCUT2D eigenvalue weighted by molar-refractivity contribution is 0.111. The molecule has 0 saturated heterocycles. The Balaban J connectivity index is 2.43. The fraction of sp³-hybridized carbons (Fsp3) is 0.625. The van der Waals surface area contributed by atoms with E-state index in [0.717, 1.165) is 25.2 Å². The van der Waals surface area contributed by atoms with Crippen molar-refractivity contribution in [3.05, 3.63) is 11.6 Å². The molecule has 2 rings (SSSR count). The number of rotatable bonds is 1. The van der Waals surface area contributed by atoms with E-state index in [4.69, 9.17) is 0 Å². The van der Waals surface area contributed by atoms with E-state index in [1.807, 2.05) is 4.68 Å². The quantitative estimate of drug-likeness (QED) is 0.583. The van der Waals surface area contributed by atoms with Crippen LogP contribution in [0.2, 0.25) is 0 Å². The van der Waals surface area contributed by atoms with Gasteiger partial charge in [-0.15, -0.1) is 5.10 Å². The van der Waals surface area contributed by atoms with Gasteiger partial charge in [-0.25, -0.2) is 9.67 Å². The molecule has 0 fully saturated rings. The van der Waals surface area contributed by atoms with Gasteiger partial charge in [-0.2, -0.15) is 0 Å². The first-order valence-electron chi connectivity index (χ1n) is 4.21. The topological polar surface area (TPSA) is 47.8 Å². The monoisotopic (exact) mass is 165 g/mol. The second-order valence-corrected chi connectivity index (χ2v) is 3.21. The van der Waals surface area contributed by atoms with Crippen molar-refractivity contribution >= 4 is 6.29 Å². The van der Waals surface area contributed by atoms with E-state index in [1.165, 1.54) is 0 Å². The van der Waals surface area contributed by atoms with Gasteiger partial charge in [0.25, 0.3) is 0 Å². The lowest BCUT2D eigenvalue weighted by Crippen LogP contribution is -2.14. The minimum absolute atomic E-state index is 0.318. The Morgan fingerprint density at radius 3 is 3.17 bits per heavy atom. The number of nitrogens with zero attached hydrogens (tertiary/aromatic N) is 3. The molecule has 12 heavy (non-hydrogen) atoms. The van der Waals surface area contributed by atoms with Gasteiger partial charge in [-0.3, -0.25) is 4.79 Å². The lowest BCUT2D eigenvalue weighted by atomic mass is 10.0. The lowest BCUT2D eigenvalue weighted by Gasteiger charge is -2.17. The molecule has 1 aliphatic rings. The third-order valence-corrected chi connectivity index (χ3v) is 2.27. The van der Waals surface area contributed by atoms with E-state index < -0.39 is 0 Å². The summed E-state index contributed by atoms with van der Waals surface area (Å²) in [5.74, 6) is 1.72. The number of hydrogen-bond acceptors (Lipinski definition) is 3. The minimum Gasteiger partial charge on any atom is -0.294 e. The first-order chi connectivity index (χ1) is 5.81. The maximum atomic E-state index is 10.4. The van der Waals surface area contributed by atoms with Crippen LogP contribution in [0.25, 0.3) is 0 Å². The summed E-state index contributed by atoms with van der Waals surface area (Å²) in [5, 5.41) is 4.06. The van der Waals surface area contributed by atoms with Crippen molar-refractivity contribution in [2.24, 2.45) is 0 Å². The smallest absolute Gasteiger partial charge is 0.214 e. The molecule has 0 N–H and O–H groups in total. The number of hydrogen-bond donors (Lipinski definition) is 0. The predicted octanol–water partition coefficient (Wildman–Crippen LogP) is 0.988. The summed E-state index contributed by atoms with van der Waals surface area (Å²) in [4.78, 5) is 14.5. The van der Waals surface area contributed by atoms with E-state index in [-0.39, 0.29) is 0 Å². The second-order valence-electron chi connectivity index (χ2n) is 3.21. The molecule has 1 atom stereocenters. The van der Waals surface area contributed by atoms with Crippen molar-refractivity contribution < 1.29 is 4.79 Å². The van der Waals surface area contributed by atoms with Gasteiger partial charge in [0.05, 0.1) is 0 Å². The Labute approximate surface area is 70.6 Å². The molecule has 1 aromatic heterocycles. The number of fused-ring (bicyclic) bond motifs is 1. The number of aromatic nitrogens is 3. The van der Waals surface area contributed by atoms with Crippen molar-refractivity contribution in [1.82, 2.24) is 14.8 Å². The number of carbonyl (C=O) groups is 1. The molecule has 4 heteroatoms. The summed E-state index contributed by atoms with van der Waals surface area (Å²) in [6.45, 7) is 3.02. The van der Waals surface area contributed by atoms with Crippen LogP contribution in [0.15, 0.2) is 0 Å². The molecular formula is C8H11N3O. The number of aryl methyl sites for hydroxylation is 1. The standard InChI is InChI=1S/C8H11N3O/c1-6-3-2-4-11-8(6)9-7(5-12)10-11/h5-6H,2-4H2,1H3. The Hall–Kier alpha value is -1.19. The van der Waals surface area contributed by atoms with E-state index in [0.29, 0.717) is 18.0 Å². The fourth-order valence-electron chi connectivity index (χ4n) is 1.63. The normalized spacial score (nSPS) is 21.9. The van der Waals surface area contributed by atoms with Crippen LogP contribution >= 0.6 is 0 Å². The second kappa shape index (κ2) is 2.69. The van der Waals surface area contributed by atoms with Crippen LogP contribution < -0.4 is 0 Å². The highest BCUT2D eigenvalue weighted by Gasteiger charge is 2.19. The highest BCUT2D eigenvalue weighted by molar-refractivity contribution is 5.68. The van der Waals surface area contributed by atoms with Crippen LogP contribution in [0.3, 0.4) is 0 Å². The van der Waals surface area contributed by atoms with Gasteiger partial charge < -0.3 is 0 Å². The molecule has 2 heterocycles. The van der Waals surface area contributed by atoms with Gasteiger partial charge in [0, 0.05) is 12.5 Å². The van der Waals surface area contributed by atoms with Crippen molar-refractivity contribution in [3.63, 3.8) is 0 Å². The van der Waals surface area contributed by atoms with Crippen molar-refractivity contribution in [2.45, 2.75) is 32.2 Å². The van der Waals surface area contributed by atoms with Crippen LogP contribution in [0.5, 0.6) is 0 Å². The number of aldehydes is 1. The van der Waals surface area contributed by atoms with Crippen LogP contribution in [-0.4, -0.2) is 21.1 Å². The molecule has 0 saturated carbocycles. The van der Waals surface area contributed by atoms with Crippen LogP contribution in [0, 0.1) is 0 Å². The highest BCUT2D eigenvalue weighted by Crippen LogP contribution is 2.23. The third-order valence-electron chi connectivity index (χ3n) is 2.27. The van der Waals surface area contributed by atoms with Crippen molar-refractivity contribution in [2.75, 3.05) is 0 Å². The zero-order chi connectivity index (χ0) is 8.55. The van der Waals surface area contributed by atoms with Gasteiger partial charge in [0.1, 0.15) is 5.82 Å². The molecule has 1 unspecified atom stereocenters.